The highest BCUT2D eigenvalue weighted by Crippen LogP contribution is 2.50. The molecular weight excluding hydrogens is 164 g/mol. The Morgan fingerprint density at radius 2 is 2.15 bits per heavy atom. The largest absolute Gasteiger partial charge is 0.393 e. The minimum Gasteiger partial charge on any atom is -0.393 e. The molecule has 3 nitrogen and oxygen atoms in total. The predicted octanol–water partition coefficient (Wildman–Crippen LogP) is 0.227. The zero-order valence-corrected chi connectivity index (χ0v) is 8.51. The summed E-state index contributed by atoms with van der Waals surface area (Å²) in [7, 11) is 1.99. The van der Waals surface area contributed by atoms with Gasteiger partial charge in [0.15, 0.2) is 0 Å². The number of nitrogens with one attached hydrogen (secondary N) is 1. The van der Waals surface area contributed by atoms with Crippen molar-refractivity contribution in [2.75, 3.05) is 7.05 Å². The Hall–Kier alpha value is -0.120. The van der Waals surface area contributed by atoms with E-state index < -0.39 is 0 Å². The highest BCUT2D eigenvalue weighted by molar-refractivity contribution is 5.13. The van der Waals surface area contributed by atoms with E-state index in [9.17, 15) is 5.11 Å². The van der Waals surface area contributed by atoms with E-state index in [0.717, 1.165) is 25.7 Å². The molecule has 0 aliphatic heterocycles. The van der Waals surface area contributed by atoms with Crippen molar-refractivity contribution < 1.29 is 5.11 Å². The van der Waals surface area contributed by atoms with Gasteiger partial charge < -0.3 is 16.2 Å². The van der Waals surface area contributed by atoms with E-state index in [1.54, 1.807) is 0 Å². The van der Waals surface area contributed by atoms with Gasteiger partial charge >= 0.3 is 0 Å². The van der Waals surface area contributed by atoms with E-state index in [1.807, 2.05) is 7.05 Å². The molecule has 0 heterocycles. The molecule has 0 bridgehead atoms. The van der Waals surface area contributed by atoms with Crippen molar-refractivity contribution in [1.82, 2.24) is 5.32 Å². The Kier molecular flexibility index (Phi) is 1.95. The quantitative estimate of drug-likeness (QED) is 0.546. The number of hydrogen-bond acceptors (Lipinski definition) is 3. The third-order valence-corrected chi connectivity index (χ3v) is 3.87. The van der Waals surface area contributed by atoms with Crippen LogP contribution in [0.15, 0.2) is 0 Å². The van der Waals surface area contributed by atoms with Crippen LogP contribution in [-0.4, -0.2) is 29.3 Å². The monoisotopic (exact) mass is 184 g/mol. The molecule has 0 saturated heterocycles. The standard InChI is InChI=1S/C10H20N2O/c1-9(11)4-7-3-8(13)5-10(7,6-9)12-2/h7-8,12-13H,3-6,11H2,1-2H3/t7-,8-,9?,10-/m1/s1. The average Bonchev–Trinajstić information content (AvgIpc) is 2.36. The third kappa shape index (κ3) is 1.39. The summed E-state index contributed by atoms with van der Waals surface area (Å²) in [6, 6.07) is 0. The molecule has 13 heavy (non-hydrogen) atoms. The molecule has 4 atom stereocenters. The lowest BCUT2D eigenvalue weighted by molar-refractivity contribution is 0.161. The summed E-state index contributed by atoms with van der Waals surface area (Å²) in [5, 5.41) is 13.0. The van der Waals surface area contributed by atoms with Crippen molar-refractivity contribution in [3.63, 3.8) is 0 Å². The Bertz CT molecular complexity index is 217. The van der Waals surface area contributed by atoms with Crippen LogP contribution in [0.2, 0.25) is 0 Å². The van der Waals surface area contributed by atoms with Gasteiger partial charge in [0.2, 0.25) is 0 Å². The topological polar surface area (TPSA) is 58.3 Å². The fourth-order valence-corrected chi connectivity index (χ4v) is 3.47. The number of aliphatic hydroxyl groups excluding tert-OH is 1. The summed E-state index contributed by atoms with van der Waals surface area (Å²) in [6.45, 7) is 2.12. The molecule has 0 spiro atoms. The lowest BCUT2D eigenvalue weighted by Crippen LogP contribution is -2.46. The van der Waals surface area contributed by atoms with E-state index in [2.05, 4.69) is 12.2 Å². The first-order valence-corrected chi connectivity index (χ1v) is 5.13. The summed E-state index contributed by atoms with van der Waals surface area (Å²) in [4.78, 5) is 0. The predicted molar refractivity (Wildman–Crippen MR) is 52.3 cm³/mol. The van der Waals surface area contributed by atoms with Crippen molar-refractivity contribution in [3.8, 4) is 0 Å². The van der Waals surface area contributed by atoms with Gasteiger partial charge in [-0.1, -0.05) is 0 Å². The van der Waals surface area contributed by atoms with Crippen LogP contribution in [0.4, 0.5) is 0 Å². The fourth-order valence-electron chi connectivity index (χ4n) is 3.47. The van der Waals surface area contributed by atoms with Gasteiger partial charge in [-0.15, -0.1) is 0 Å². The normalized spacial score (nSPS) is 55.4. The molecule has 0 aromatic heterocycles. The third-order valence-electron chi connectivity index (χ3n) is 3.87. The van der Waals surface area contributed by atoms with Crippen molar-refractivity contribution in [3.05, 3.63) is 0 Å². The van der Waals surface area contributed by atoms with Gasteiger partial charge in [-0.05, 0) is 45.6 Å². The van der Waals surface area contributed by atoms with Gasteiger partial charge in [0, 0.05) is 11.1 Å². The van der Waals surface area contributed by atoms with Crippen molar-refractivity contribution in [2.24, 2.45) is 11.7 Å². The zero-order chi connectivity index (χ0) is 9.69. The smallest absolute Gasteiger partial charge is 0.0561 e. The SMILES string of the molecule is CN[C@@]12C[C@H](O)C[C@@H]1CC(C)(N)C2. The lowest BCUT2D eigenvalue weighted by Gasteiger charge is -2.30. The van der Waals surface area contributed by atoms with Crippen molar-refractivity contribution in [2.45, 2.75) is 49.8 Å². The van der Waals surface area contributed by atoms with E-state index in [4.69, 9.17) is 5.73 Å². The molecule has 0 aromatic rings. The second kappa shape index (κ2) is 2.69. The Balaban J connectivity index is 2.20. The van der Waals surface area contributed by atoms with E-state index in [1.165, 1.54) is 0 Å². The number of rotatable bonds is 1. The van der Waals surface area contributed by atoms with Crippen LogP contribution in [-0.2, 0) is 0 Å². The maximum atomic E-state index is 9.62. The van der Waals surface area contributed by atoms with Gasteiger partial charge in [0.1, 0.15) is 0 Å². The van der Waals surface area contributed by atoms with Crippen LogP contribution in [0, 0.1) is 5.92 Å². The average molecular weight is 184 g/mol. The molecule has 3 heteroatoms. The number of fused-ring (bicyclic) bond motifs is 1. The Labute approximate surface area is 79.7 Å². The maximum absolute atomic E-state index is 9.62. The molecule has 2 rings (SSSR count). The molecule has 0 radical (unpaired) electrons. The molecule has 0 aromatic carbocycles. The highest BCUT2D eigenvalue weighted by atomic mass is 16.3. The van der Waals surface area contributed by atoms with Crippen molar-refractivity contribution in [1.29, 1.82) is 0 Å². The molecule has 1 unspecified atom stereocenters. The van der Waals surface area contributed by atoms with Gasteiger partial charge in [0.25, 0.3) is 0 Å². The second-order valence-electron chi connectivity index (χ2n) is 5.23. The van der Waals surface area contributed by atoms with Crippen LogP contribution in [0.1, 0.15) is 32.6 Å². The Morgan fingerprint density at radius 3 is 2.69 bits per heavy atom. The molecule has 2 saturated carbocycles. The van der Waals surface area contributed by atoms with Crippen LogP contribution >= 0.6 is 0 Å². The number of nitrogens with two attached hydrogens (primary N) is 1. The first-order chi connectivity index (χ1) is 5.97. The number of hydrogen-bond donors (Lipinski definition) is 3. The molecule has 76 valence electrons. The van der Waals surface area contributed by atoms with Gasteiger partial charge in [-0.25, -0.2) is 0 Å². The zero-order valence-electron chi connectivity index (χ0n) is 8.51. The van der Waals surface area contributed by atoms with E-state index >= 15 is 0 Å². The summed E-state index contributed by atoms with van der Waals surface area (Å²) < 4.78 is 0. The second-order valence-corrected chi connectivity index (χ2v) is 5.23. The van der Waals surface area contributed by atoms with Crippen LogP contribution in [0.25, 0.3) is 0 Å². The minimum absolute atomic E-state index is 0.0339. The molecule has 2 aliphatic carbocycles. The summed E-state index contributed by atoms with van der Waals surface area (Å²) in [5.41, 5.74) is 6.25. The summed E-state index contributed by atoms with van der Waals surface area (Å²) >= 11 is 0. The van der Waals surface area contributed by atoms with Gasteiger partial charge in [-0.3, -0.25) is 0 Å². The molecule has 2 fully saturated rings. The molecule has 2 aliphatic rings. The first-order valence-electron chi connectivity index (χ1n) is 5.13. The van der Waals surface area contributed by atoms with Crippen LogP contribution in [0.3, 0.4) is 0 Å². The van der Waals surface area contributed by atoms with Crippen LogP contribution in [0.5, 0.6) is 0 Å². The van der Waals surface area contributed by atoms with Gasteiger partial charge in [0.05, 0.1) is 6.10 Å². The maximum Gasteiger partial charge on any atom is 0.0561 e. The number of aliphatic hydroxyl groups is 1. The lowest BCUT2D eigenvalue weighted by atomic mass is 9.90. The van der Waals surface area contributed by atoms with E-state index in [0.29, 0.717) is 5.92 Å². The van der Waals surface area contributed by atoms with Gasteiger partial charge in [-0.2, -0.15) is 0 Å². The molecule has 0 amide bonds. The summed E-state index contributed by atoms with van der Waals surface area (Å²) in [6.07, 6.45) is 3.73. The molecule has 4 N–H and O–H groups in total. The minimum atomic E-state index is -0.117. The summed E-state index contributed by atoms with van der Waals surface area (Å²) in [5.74, 6) is 0.572. The Morgan fingerprint density at radius 1 is 1.46 bits per heavy atom. The van der Waals surface area contributed by atoms with Crippen molar-refractivity contribution >= 4 is 0 Å². The van der Waals surface area contributed by atoms with Crippen LogP contribution < -0.4 is 11.1 Å². The first kappa shape index (κ1) is 9.44. The molecular formula is C10H20N2O. The van der Waals surface area contributed by atoms with E-state index in [-0.39, 0.29) is 17.2 Å². The highest BCUT2D eigenvalue weighted by Gasteiger charge is 2.54. The fraction of sp³-hybridized carbons (Fsp3) is 1.00.